The fraction of sp³-hybridized carbons (Fsp3) is 0.273. The van der Waals surface area contributed by atoms with Gasteiger partial charge in [0.15, 0.2) is 11.5 Å². The van der Waals surface area contributed by atoms with Crippen LogP contribution in [0.4, 0.5) is 5.82 Å². The van der Waals surface area contributed by atoms with Gasteiger partial charge in [-0.3, -0.25) is 4.79 Å². The Hall–Kier alpha value is -3.66. The Morgan fingerprint density at radius 1 is 1.21 bits per heavy atom. The third kappa shape index (κ3) is 4.27. The summed E-state index contributed by atoms with van der Waals surface area (Å²) in [5.74, 6) is 1.47. The molecular weight excluding hydrogens is 366 g/mol. The number of hydrogen-bond acceptors (Lipinski definition) is 6. The number of carbonyl (C=O) groups is 1. The quantitative estimate of drug-likeness (QED) is 0.722. The molecule has 146 valence electrons. The summed E-state index contributed by atoms with van der Waals surface area (Å²) in [6, 6.07) is 17.0. The van der Waals surface area contributed by atoms with Crippen molar-refractivity contribution in [3.63, 3.8) is 0 Å². The molecule has 0 saturated carbocycles. The van der Waals surface area contributed by atoms with Gasteiger partial charge in [0.25, 0.3) is 5.91 Å². The smallest absolute Gasteiger partial charge is 0.273 e. The largest absolute Gasteiger partial charge is 0.356 e. The Morgan fingerprint density at radius 2 is 2.00 bits per heavy atom. The number of nitriles is 1. The Bertz CT molecular complexity index is 1020. The van der Waals surface area contributed by atoms with Crippen molar-refractivity contribution < 1.29 is 9.32 Å². The molecule has 0 radical (unpaired) electrons. The minimum Gasteiger partial charge on any atom is -0.356 e. The van der Waals surface area contributed by atoms with Gasteiger partial charge in [0.2, 0.25) is 0 Å². The van der Waals surface area contributed by atoms with Crippen molar-refractivity contribution in [2.24, 2.45) is 5.92 Å². The molecule has 7 nitrogen and oxygen atoms in total. The SMILES string of the molecule is N#Cc1cccnc1N1CCC(CNC(=O)c2cc(-c3ccccc3)on2)CC1. The highest BCUT2D eigenvalue weighted by molar-refractivity contribution is 5.93. The normalized spacial score (nSPS) is 14.4. The van der Waals surface area contributed by atoms with E-state index in [0.29, 0.717) is 23.8 Å². The zero-order valence-electron chi connectivity index (χ0n) is 15.9. The van der Waals surface area contributed by atoms with Crippen molar-refractivity contribution in [1.29, 1.82) is 5.26 Å². The number of nitrogens with zero attached hydrogens (tertiary/aromatic N) is 4. The van der Waals surface area contributed by atoms with E-state index in [9.17, 15) is 10.1 Å². The number of carbonyl (C=O) groups excluding carboxylic acids is 1. The third-order valence-corrected chi connectivity index (χ3v) is 5.17. The summed E-state index contributed by atoms with van der Waals surface area (Å²) in [5.41, 5.74) is 1.77. The van der Waals surface area contributed by atoms with Crippen LogP contribution >= 0.6 is 0 Å². The first-order chi connectivity index (χ1) is 14.2. The maximum Gasteiger partial charge on any atom is 0.273 e. The molecule has 0 unspecified atom stereocenters. The van der Waals surface area contributed by atoms with Crippen LogP contribution in [0.1, 0.15) is 28.9 Å². The summed E-state index contributed by atoms with van der Waals surface area (Å²) >= 11 is 0. The Balaban J connectivity index is 1.29. The molecule has 3 aromatic rings. The van der Waals surface area contributed by atoms with Crippen molar-refractivity contribution in [3.05, 3.63) is 66.0 Å². The van der Waals surface area contributed by atoms with Crippen LogP contribution in [0.25, 0.3) is 11.3 Å². The summed E-state index contributed by atoms with van der Waals surface area (Å²) in [4.78, 5) is 18.9. The first-order valence-electron chi connectivity index (χ1n) is 9.65. The van der Waals surface area contributed by atoms with Gasteiger partial charge in [0, 0.05) is 37.5 Å². The molecule has 29 heavy (non-hydrogen) atoms. The maximum atomic E-state index is 12.4. The zero-order chi connectivity index (χ0) is 20.1. The van der Waals surface area contributed by atoms with Gasteiger partial charge in [0.05, 0.1) is 5.56 Å². The molecule has 2 aromatic heterocycles. The second kappa shape index (κ2) is 8.57. The lowest BCUT2D eigenvalue weighted by atomic mass is 9.96. The van der Waals surface area contributed by atoms with Gasteiger partial charge < -0.3 is 14.7 Å². The van der Waals surface area contributed by atoms with Crippen molar-refractivity contribution >= 4 is 11.7 Å². The lowest BCUT2D eigenvalue weighted by Crippen LogP contribution is -2.39. The highest BCUT2D eigenvalue weighted by Gasteiger charge is 2.23. The molecule has 4 rings (SSSR count). The molecule has 1 N–H and O–H groups in total. The molecule has 0 atom stereocenters. The molecule has 3 heterocycles. The fourth-order valence-electron chi connectivity index (χ4n) is 3.53. The molecule has 7 heteroatoms. The van der Waals surface area contributed by atoms with Crippen molar-refractivity contribution in [3.8, 4) is 17.4 Å². The van der Waals surface area contributed by atoms with E-state index in [1.165, 1.54) is 0 Å². The van der Waals surface area contributed by atoms with Gasteiger partial charge in [-0.15, -0.1) is 0 Å². The number of hydrogen-bond donors (Lipinski definition) is 1. The molecule has 0 spiro atoms. The zero-order valence-corrected chi connectivity index (χ0v) is 15.9. The summed E-state index contributed by atoms with van der Waals surface area (Å²) in [6.07, 6.45) is 3.57. The van der Waals surface area contributed by atoms with Crippen LogP contribution in [-0.2, 0) is 0 Å². The first-order valence-corrected chi connectivity index (χ1v) is 9.65. The van der Waals surface area contributed by atoms with Gasteiger partial charge in [-0.25, -0.2) is 4.98 Å². The van der Waals surface area contributed by atoms with E-state index < -0.39 is 0 Å². The van der Waals surface area contributed by atoms with Crippen LogP contribution < -0.4 is 10.2 Å². The highest BCUT2D eigenvalue weighted by Crippen LogP contribution is 2.24. The molecule has 0 aliphatic carbocycles. The molecule has 1 fully saturated rings. The van der Waals surface area contributed by atoms with Crippen molar-refractivity contribution in [1.82, 2.24) is 15.5 Å². The number of anilines is 1. The predicted octanol–water partition coefficient (Wildman–Crippen LogP) is 3.25. The first kappa shape index (κ1) is 18.7. The number of aromatic nitrogens is 2. The predicted molar refractivity (Wildman–Crippen MR) is 108 cm³/mol. The Labute approximate surface area is 169 Å². The number of benzene rings is 1. The van der Waals surface area contributed by atoms with E-state index in [-0.39, 0.29) is 11.6 Å². The summed E-state index contributed by atoms with van der Waals surface area (Å²) in [5, 5.41) is 16.1. The van der Waals surface area contributed by atoms with E-state index in [1.807, 2.05) is 30.3 Å². The monoisotopic (exact) mass is 387 g/mol. The summed E-state index contributed by atoms with van der Waals surface area (Å²) < 4.78 is 5.30. The van der Waals surface area contributed by atoms with Gasteiger partial charge in [-0.05, 0) is 30.9 Å². The number of piperidine rings is 1. The molecule has 1 aliphatic heterocycles. The Morgan fingerprint density at radius 3 is 2.76 bits per heavy atom. The summed E-state index contributed by atoms with van der Waals surface area (Å²) in [6.45, 7) is 2.22. The van der Waals surface area contributed by atoms with Crippen LogP contribution in [0.15, 0.2) is 59.3 Å². The second-order valence-electron chi connectivity index (χ2n) is 7.07. The lowest BCUT2D eigenvalue weighted by Gasteiger charge is -2.33. The van der Waals surface area contributed by atoms with Crippen LogP contribution in [-0.4, -0.2) is 35.7 Å². The van der Waals surface area contributed by atoms with Crippen LogP contribution in [0.2, 0.25) is 0 Å². The molecule has 1 saturated heterocycles. The van der Waals surface area contributed by atoms with Crippen LogP contribution in [0.3, 0.4) is 0 Å². The van der Waals surface area contributed by atoms with E-state index in [1.54, 1.807) is 24.4 Å². The van der Waals surface area contributed by atoms with E-state index in [4.69, 9.17) is 4.52 Å². The van der Waals surface area contributed by atoms with Crippen LogP contribution in [0, 0.1) is 17.2 Å². The molecule has 1 amide bonds. The van der Waals surface area contributed by atoms with E-state index in [2.05, 4.69) is 26.4 Å². The molecular formula is C22H21N5O2. The minimum absolute atomic E-state index is 0.227. The number of nitrogens with one attached hydrogen (secondary N) is 1. The molecule has 0 bridgehead atoms. The number of amides is 1. The van der Waals surface area contributed by atoms with Crippen molar-refractivity contribution in [2.75, 3.05) is 24.5 Å². The highest BCUT2D eigenvalue weighted by atomic mass is 16.5. The second-order valence-corrected chi connectivity index (χ2v) is 7.07. The van der Waals surface area contributed by atoms with Gasteiger partial charge in [-0.2, -0.15) is 5.26 Å². The number of rotatable bonds is 5. The molecule has 1 aliphatic rings. The minimum atomic E-state index is -0.227. The summed E-state index contributed by atoms with van der Waals surface area (Å²) in [7, 11) is 0. The van der Waals surface area contributed by atoms with Gasteiger partial charge in [-0.1, -0.05) is 35.5 Å². The topological polar surface area (TPSA) is 95.1 Å². The molecule has 1 aromatic carbocycles. The lowest BCUT2D eigenvalue weighted by molar-refractivity contribution is 0.0936. The fourth-order valence-corrected chi connectivity index (χ4v) is 3.53. The van der Waals surface area contributed by atoms with Gasteiger partial charge >= 0.3 is 0 Å². The standard InChI is InChI=1S/C22H21N5O2/c23-14-18-7-4-10-24-21(18)27-11-8-16(9-12-27)15-25-22(28)19-13-20(29-26-19)17-5-2-1-3-6-17/h1-7,10,13,16H,8-9,11-12,15H2,(H,25,28). The van der Waals surface area contributed by atoms with E-state index in [0.717, 1.165) is 37.3 Å². The third-order valence-electron chi connectivity index (χ3n) is 5.17. The maximum absolute atomic E-state index is 12.4. The van der Waals surface area contributed by atoms with Crippen molar-refractivity contribution in [2.45, 2.75) is 12.8 Å². The van der Waals surface area contributed by atoms with E-state index >= 15 is 0 Å². The van der Waals surface area contributed by atoms with Gasteiger partial charge in [0.1, 0.15) is 11.9 Å². The Kier molecular flexibility index (Phi) is 5.52. The number of pyridine rings is 1. The van der Waals surface area contributed by atoms with Crippen LogP contribution in [0.5, 0.6) is 0 Å². The average Bonchev–Trinajstić information content (AvgIpc) is 3.29. The average molecular weight is 387 g/mol.